The minimum atomic E-state index is -3.03. The molecule has 1 aromatic carbocycles. The fraction of sp³-hybridized carbons (Fsp3) is 0.500. The van der Waals surface area contributed by atoms with Crippen LogP contribution in [-0.2, 0) is 21.1 Å². The highest BCUT2D eigenvalue weighted by Crippen LogP contribution is 2.18. The van der Waals surface area contributed by atoms with Gasteiger partial charge in [-0.2, -0.15) is 0 Å². The number of phenolic OH excluding ortho intramolecular Hbond substituents is 1. The van der Waals surface area contributed by atoms with Crippen LogP contribution in [0.2, 0.25) is 0 Å². The Morgan fingerprint density at radius 1 is 1.43 bits per heavy atom. The predicted octanol–water partition coefficient (Wildman–Crippen LogP) is -0.0925. The molecule has 1 unspecified atom stereocenters. The minimum Gasteiger partial charge on any atom is -0.508 e. The molecule has 2 rings (SSSR count). The van der Waals surface area contributed by atoms with Crippen LogP contribution in [-0.4, -0.2) is 55.0 Å². The Kier molecular flexibility index (Phi) is 4.53. The Labute approximate surface area is 124 Å². The zero-order valence-electron chi connectivity index (χ0n) is 11.9. The van der Waals surface area contributed by atoms with E-state index in [1.165, 1.54) is 4.90 Å². The summed E-state index contributed by atoms with van der Waals surface area (Å²) in [5.41, 5.74) is 6.77. The van der Waals surface area contributed by atoms with E-state index in [0.29, 0.717) is 12.8 Å². The molecule has 3 N–H and O–H groups in total. The van der Waals surface area contributed by atoms with Gasteiger partial charge < -0.3 is 15.7 Å². The van der Waals surface area contributed by atoms with Gasteiger partial charge in [0.2, 0.25) is 5.91 Å². The summed E-state index contributed by atoms with van der Waals surface area (Å²) in [6.45, 7) is 0. The van der Waals surface area contributed by atoms with Crippen molar-refractivity contribution in [3.8, 4) is 5.75 Å². The molecule has 0 aliphatic carbocycles. The summed E-state index contributed by atoms with van der Waals surface area (Å²) >= 11 is 0. The standard InChI is InChI=1S/C14H20N2O4S/c1-16(11-6-7-21(19,20)9-11)14(18)13(15)8-10-2-4-12(17)5-3-10/h2-5,11,13,17H,6-9,15H2,1H3/t11?,13-/m1/s1. The Balaban J connectivity index is 1.97. The molecule has 7 heteroatoms. The van der Waals surface area contributed by atoms with Crippen molar-refractivity contribution in [2.75, 3.05) is 18.6 Å². The fourth-order valence-corrected chi connectivity index (χ4v) is 4.27. The van der Waals surface area contributed by atoms with E-state index in [2.05, 4.69) is 0 Å². The number of phenols is 1. The van der Waals surface area contributed by atoms with E-state index in [1.54, 1.807) is 31.3 Å². The van der Waals surface area contributed by atoms with Gasteiger partial charge in [0, 0.05) is 13.1 Å². The van der Waals surface area contributed by atoms with Crippen molar-refractivity contribution in [3.63, 3.8) is 0 Å². The summed E-state index contributed by atoms with van der Waals surface area (Å²) in [5.74, 6) is 0.0426. The number of hydrogen-bond donors (Lipinski definition) is 2. The van der Waals surface area contributed by atoms with Gasteiger partial charge in [0.05, 0.1) is 17.5 Å². The van der Waals surface area contributed by atoms with Crippen LogP contribution in [0.4, 0.5) is 0 Å². The maximum absolute atomic E-state index is 12.3. The molecular weight excluding hydrogens is 292 g/mol. The summed E-state index contributed by atoms with van der Waals surface area (Å²) < 4.78 is 22.9. The van der Waals surface area contributed by atoms with Crippen molar-refractivity contribution < 1.29 is 18.3 Å². The first kappa shape index (κ1) is 15.8. The second-order valence-electron chi connectivity index (χ2n) is 5.48. The number of sulfone groups is 1. The lowest BCUT2D eigenvalue weighted by Gasteiger charge is -2.26. The third kappa shape index (κ3) is 3.95. The monoisotopic (exact) mass is 312 g/mol. The number of carbonyl (C=O) groups excluding carboxylic acids is 1. The number of benzene rings is 1. The van der Waals surface area contributed by atoms with Gasteiger partial charge in [-0.25, -0.2) is 8.42 Å². The van der Waals surface area contributed by atoms with Crippen molar-refractivity contribution >= 4 is 15.7 Å². The van der Waals surface area contributed by atoms with E-state index in [1.807, 2.05) is 0 Å². The van der Waals surface area contributed by atoms with Crippen molar-refractivity contribution in [2.24, 2.45) is 5.73 Å². The van der Waals surface area contributed by atoms with E-state index >= 15 is 0 Å². The van der Waals surface area contributed by atoms with Crippen molar-refractivity contribution in [3.05, 3.63) is 29.8 Å². The van der Waals surface area contributed by atoms with Crippen LogP contribution in [0.15, 0.2) is 24.3 Å². The van der Waals surface area contributed by atoms with Crippen LogP contribution in [0, 0.1) is 0 Å². The predicted molar refractivity (Wildman–Crippen MR) is 79.6 cm³/mol. The van der Waals surface area contributed by atoms with Gasteiger partial charge in [-0.3, -0.25) is 4.79 Å². The lowest BCUT2D eigenvalue weighted by molar-refractivity contribution is -0.132. The number of aromatic hydroxyl groups is 1. The van der Waals surface area contributed by atoms with Crippen molar-refractivity contribution in [2.45, 2.75) is 24.9 Å². The number of nitrogens with two attached hydrogens (primary N) is 1. The van der Waals surface area contributed by atoms with Gasteiger partial charge in [0.15, 0.2) is 9.84 Å². The highest BCUT2D eigenvalue weighted by molar-refractivity contribution is 7.91. The largest absolute Gasteiger partial charge is 0.508 e. The molecule has 116 valence electrons. The molecule has 0 aromatic heterocycles. The second-order valence-corrected chi connectivity index (χ2v) is 7.71. The lowest BCUT2D eigenvalue weighted by atomic mass is 10.0. The summed E-state index contributed by atoms with van der Waals surface area (Å²) in [4.78, 5) is 13.7. The van der Waals surface area contributed by atoms with E-state index in [4.69, 9.17) is 5.73 Å². The molecule has 1 saturated heterocycles. The molecule has 21 heavy (non-hydrogen) atoms. The molecular formula is C14H20N2O4S. The molecule has 1 aliphatic rings. The molecule has 1 amide bonds. The van der Waals surface area contributed by atoms with Gasteiger partial charge in [0.25, 0.3) is 0 Å². The zero-order chi connectivity index (χ0) is 15.6. The highest BCUT2D eigenvalue weighted by Gasteiger charge is 2.34. The third-order valence-corrected chi connectivity index (χ3v) is 5.56. The Morgan fingerprint density at radius 3 is 2.57 bits per heavy atom. The average molecular weight is 312 g/mol. The third-order valence-electron chi connectivity index (χ3n) is 3.81. The van der Waals surface area contributed by atoms with Crippen LogP contribution in [0.3, 0.4) is 0 Å². The van der Waals surface area contributed by atoms with Crippen LogP contribution in [0.5, 0.6) is 5.75 Å². The number of rotatable bonds is 4. The van der Waals surface area contributed by atoms with Gasteiger partial charge in [-0.1, -0.05) is 12.1 Å². The maximum atomic E-state index is 12.3. The van der Waals surface area contributed by atoms with Crippen LogP contribution in [0.1, 0.15) is 12.0 Å². The lowest BCUT2D eigenvalue weighted by Crippen LogP contribution is -2.47. The first-order valence-corrected chi connectivity index (χ1v) is 8.61. The number of carbonyl (C=O) groups is 1. The van der Waals surface area contributed by atoms with E-state index in [-0.39, 0.29) is 29.2 Å². The summed E-state index contributed by atoms with van der Waals surface area (Å²) in [6, 6.07) is 5.50. The Bertz CT molecular complexity index is 612. The summed E-state index contributed by atoms with van der Waals surface area (Å²) in [5, 5.41) is 9.22. The molecule has 0 bridgehead atoms. The van der Waals surface area contributed by atoms with E-state index in [0.717, 1.165) is 5.56 Å². The number of amides is 1. The summed E-state index contributed by atoms with van der Waals surface area (Å²) in [6.07, 6.45) is 0.819. The molecule has 1 heterocycles. The van der Waals surface area contributed by atoms with Gasteiger partial charge in [0.1, 0.15) is 5.75 Å². The zero-order valence-corrected chi connectivity index (χ0v) is 12.7. The van der Waals surface area contributed by atoms with Crippen molar-refractivity contribution in [1.29, 1.82) is 0 Å². The SMILES string of the molecule is CN(C(=O)[C@H](N)Cc1ccc(O)cc1)C1CCS(=O)(=O)C1. The number of hydrogen-bond acceptors (Lipinski definition) is 5. The van der Waals surface area contributed by atoms with Crippen molar-refractivity contribution in [1.82, 2.24) is 4.90 Å². The first-order chi connectivity index (χ1) is 9.78. The fourth-order valence-electron chi connectivity index (χ4n) is 2.50. The topological polar surface area (TPSA) is 101 Å². The minimum absolute atomic E-state index is 0.0150. The van der Waals surface area contributed by atoms with E-state index < -0.39 is 15.9 Å². The van der Waals surface area contributed by atoms with Crippen LogP contribution < -0.4 is 5.73 Å². The number of nitrogens with zero attached hydrogens (tertiary/aromatic N) is 1. The van der Waals surface area contributed by atoms with Crippen LogP contribution in [0.25, 0.3) is 0 Å². The molecule has 1 aliphatic heterocycles. The normalized spacial score (nSPS) is 21.9. The Hall–Kier alpha value is -1.60. The second kappa shape index (κ2) is 6.03. The van der Waals surface area contributed by atoms with Gasteiger partial charge >= 0.3 is 0 Å². The maximum Gasteiger partial charge on any atom is 0.239 e. The van der Waals surface area contributed by atoms with Gasteiger partial charge in [-0.05, 0) is 30.5 Å². The summed E-state index contributed by atoms with van der Waals surface area (Å²) in [7, 11) is -1.42. The smallest absolute Gasteiger partial charge is 0.239 e. The molecule has 6 nitrogen and oxygen atoms in total. The van der Waals surface area contributed by atoms with E-state index in [9.17, 15) is 18.3 Å². The quantitative estimate of drug-likeness (QED) is 0.809. The molecule has 0 saturated carbocycles. The molecule has 1 fully saturated rings. The molecule has 2 atom stereocenters. The first-order valence-electron chi connectivity index (χ1n) is 6.79. The van der Waals surface area contributed by atoms with Gasteiger partial charge in [-0.15, -0.1) is 0 Å². The average Bonchev–Trinajstić information content (AvgIpc) is 2.80. The van der Waals surface area contributed by atoms with Crippen LogP contribution >= 0.6 is 0 Å². The highest BCUT2D eigenvalue weighted by atomic mass is 32.2. The number of likely N-dealkylation sites (N-methyl/N-ethyl adjacent to an activating group) is 1. The Morgan fingerprint density at radius 2 is 2.05 bits per heavy atom. The molecule has 0 radical (unpaired) electrons. The molecule has 0 spiro atoms. The molecule has 1 aromatic rings.